The molecule has 0 bridgehead atoms. The number of nitrogens with one attached hydrogen (secondary N) is 2. The Kier molecular flexibility index (Phi) is 5.80. The highest BCUT2D eigenvalue weighted by Crippen LogP contribution is 2.30. The summed E-state index contributed by atoms with van der Waals surface area (Å²) in [5.74, 6) is -0.0564. The molecule has 1 unspecified atom stereocenters. The van der Waals surface area contributed by atoms with Gasteiger partial charge in [0.1, 0.15) is 0 Å². The van der Waals surface area contributed by atoms with Crippen molar-refractivity contribution in [2.45, 2.75) is 31.6 Å². The van der Waals surface area contributed by atoms with Gasteiger partial charge < -0.3 is 4.98 Å². The van der Waals surface area contributed by atoms with E-state index < -0.39 is 10.2 Å². The van der Waals surface area contributed by atoms with Gasteiger partial charge in [0, 0.05) is 42.7 Å². The van der Waals surface area contributed by atoms with Gasteiger partial charge in [0.05, 0.1) is 0 Å². The van der Waals surface area contributed by atoms with Crippen LogP contribution in [0.5, 0.6) is 0 Å². The van der Waals surface area contributed by atoms with E-state index in [2.05, 4.69) is 27.9 Å². The molecular weight excluding hydrogens is 370 g/mol. The van der Waals surface area contributed by atoms with Gasteiger partial charge in [0.15, 0.2) is 0 Å². The molecule has 1 aliphatic rings. The van der Waals surface area contributed by atoms with Crippen molar-refractivity contribution < 1.29 is 8.42 Å². The van der Waals surface area contributed by atoms with Crippen LogP contribution in [0.15, 0.2) is 60.8 Å². The van der Waals surface area contributed by atoms with Crippen LogP contribution in [0.4, 0.5) is 0 Å². The first-order chi connectivity index (χ1) is 13.6. The second-order valence-electron chi connectivity index (χ2n) is 7.42. The molecule has 1 aliphatic heterocycles. The molecule has 0 amide bonds. The molecule has 4 rings (SSSR count). The smallest absolute Gasteiger partial charge is 0.279 e. The van der Waals surface area contributed by atoms with Crippen LogP contribution in [0.3, 0.4) is 0 Å². The van der Waals surface area contributed by atoms with Crippen molar-refractivity contribution in [2.24, 2.45) is 0 Å². The molecule has 3 aromatic rings. The van der Waals surface area contributed by atoms with E-state index in [-0.39, 0.29) is 5.92 Å². The van der Waals surface area contributed by atoms with Crippen molar-refractivity contribution in [3.8, 4) is 0 Å². The quantitative estimate of drug-likeness (QED) is 0.660. The highest BCUT2D eigenvalue weighted by Gasteiger charge is 2.25. The lowest BCUT2D eigenvalue weighted by Crippen LogP contribution is -2.42. The number of aromatic amines is 1. The van der Waals surface area contributed by atoms with Gasteiger partial charge in [-0.3, -0.25) is 0 Å². The molecule has 0 spiro atoms. The van der Waals surface area contributed by atoms with Crippen LogP contribution in [0, 0.1) is 0 Å². The first kappa shape index (κ1) is 19.2. The molecule has 2 N–H and O–H groups in total. The lowest BCUT2D eigenvalue weighted by molar-refractivity contribution is 0.414. The molecule has 1 aromatic heterocycles. The molecule has 148 valence electrons. The van der Waals surface area contributed by atoms with Crippen LogP contribution in [0.1, 0.15) is 42.7 Å². The molecule has 1 fully saturated rings. The van der Waals surface area contributed by atoms with E-state index in [9.17, 15) is 8.42 Å². The Morgan fingerprint density at radius 3 is 2.36 bits per heavy atom. The Balaban J connectivity index is 1.62. The van der Waals surface area contributed by atoms with Crippen molar-refractivity contribution in [1.29, 1.82) is 0 Å². The number of rotatable bonds is 6. The highest BCUT2D eigenvalue weighted by atomic mass is 32.2. The third-order valence-electron chi connectivity index (χ3n) is 5.57. The Bertz CT molecular complexity index is 1010. The Labute approximate surface area is 166 Å². The Morgan fingerprint density at radius 1 is 0.929 bits per heavy atom. The predicted octanol–water partition coefficient (Wildman–Crippen LogP) is 4.01. The lowest BCUT2D eigenvalue weighted by atomic mass is 9.91. The van der Waals surface area contributed by atoms with Crippen molar-refractivity contribution in [1.82, 2.24) is 14.0 Å². The molecule has 2 aromatic carbocycles. The number of benzene rings is 2. The van der Waals surface area contributed by atoms with Gasteiger partial charge in [0.2, 0.25) is 0 Å². The van der Waals surface area contributed by atoms with E-state index in [1.807, 2.05) is 42.6 Å². The fourth-order valence-corrected chi connectivity index (χ4v) is 5.34. The second-order valence-corrected chi connectivity index (χ2v) is 9.17. The summed E-state index contributed by atoms with van der Waals surface area (Å²) in [4.78, 5) is 3.32. The number of fused-ring (bicyclic) bond motifs is 1. The third kappa shape index (κ3) is 4.14. The van der Waals surface area contributed by atoms with E-state index in [0.29, 0.717) is 19.6 Å². The van der Waals surface area contributed by atoms with Crippen LogP contribution in [-0.4, -0.2) is 37.3 Å². The van der Waals surface area contributed by atoms with E-state index in [4.69, 9.17) is 0 Å². The molecule has 1 atom stereocenters. The van der Waals surface area contributed by atoms with Crippen LogP contribution < -0.4 is 4.72 Å². The number of H-pyrrole nitrogens is 1. The van der Waals surface area contributed by atoms with Crippen molar-refractivity contribution in [3.05, 3.63) is 71.9 Å². The minimum atomic E-state index is -3.48. The summed E-state index contributed by atoms with van der Waals surface area (Å²) >= 11 is 0. The average molecular weight is 398 g/mol. The van der Waals surface area contributed by atoms with Crippen LogP contribution in [0.25, 0.3) is 10.9 Å². The van der Waals surface area contributed by atoms with Gasteiger partial charge >= 0.3 is 0 Å². The molecule has 6 heteroatoms. The van der Waals surface area contributed by atoms with Gasteiger partial charge in [-0.05, 0) is 30.0 Å². The van der Waals surface area contributed by atoms with E-state index >= 15 is 0 Å². The number of hydrogen-bond donors (Lipinski definition) is 2. The molecule has 0 saturated carbocycles. The van der Waals surface area contributed by atoms with Gasteiger partial charge in [-0.2, -0.15) is 12.7 Å². The standard InChI is InChI=1S/C22H27N3O2S/c26-28(27,25-14-8-1-2-9-15-25)24-17-20(18-10-4-3-5-11-18)21-16-23-22-13-7-6-12-19(21)22/h3-7,10-13,16,20,23-24H,1-2,8-9,14-15,17H2. The summed E-state index contributed by atoms with van der Waals surface area (Å²) in [6.45, 7) is 1.56. The number of para-hydroxylation sites is 1. The predicted molar refractivity (Wildman–Crippen MR) is 114 cm³/mol. The molecular formula is C22H27N3O2S. The molecule has 28 heavy (non-hydrogen) atoms. The Hall–Kier alpha value is -2.15. The summed E-state index contributed by atoms with van der Waals surface area (Å²) in [5.41, 5.74) is 3.28. The van der Waals surface area contributed by atoms with Gasteiger partial charge in [-0.25, -0.2) is 4.72 Å². The number of hydrogen-bond acceptors (Lipinski definition) is 2. The fourth-order valence-electron chi connectivity index (χ4n) is 4.04. The summed E-state index contributed by atoms with van der Waals surface area (Å²) in [5, 5.41) is 1.13. The molecule has 1 saturated heterocycles. The highest BCUT2D eigenvalue weighted by molar-refractivity contribution is 7.87. The molecule has 2 heterocycles. The SMILES string of the molecule is O=S(=O)(NCC(c1ccccc1)c1c[nH]c2ccccc12)N1CCCCCC1. The first-order valence-corrected chi connectivity index (χ1v) is 11.4. The van der Waals surface area contributed by atoms with Gasteiger partial charge in [-0.15, -0.1) is 0 Å². The van der Waals surface area contributed by atoms with Crippen molar-refractivity contribution in [2.75, 3.05) is 19.6 Å². The number of aromatic nitrogens is 1. The lowest BCUT2D eigenvalue weighted by Gasteiger charge is -2.23. The van der Waals surface area contributed by atoms with Crippen LogP contribution in [-0.2, 0) is 10.2 Å². The van der Waals surface area contributed by atoms with Crippen LogP contribution in [0.2, 0.25) is 0 Å². The third-order valence-corrected chi connectivity index (χ3v) is 7.15. The van der Waals surface area contributed by atoms with E-state index in [0.717, 1.165) is 47.7 Å². The monoisotopic (exact) mass is 397 g/mol. The maximum Gasteiger partial charge on any atom is 0.279 e. The molecule has 0 aliphatic carbocycles. The molecule has 5 nitrogen and oxygen atoms in total. The summed E-state index contributed by atoms with van der Waals surface area (Å²) in [7, 11) is -3.48. The van der Waals surface area contributed by atoms with Crippen LogP contribution >= 0.6 is 0 Å². The summed E-state index contributed by atoms with van der Waals surface area (Å²) in [6, 6.07) is 18.3. The van der Waals surface area contributed by atoms with Crippen molar-refractivity contribution >= 4 is 21.1 Å². The zero-order valence-corrected chi connectivity index (χ0v) is 16.8. The number of nitrogens with zero attached hydrogens (tertiary/aromatic N) is 1. The Morgan fingerprint density at radius 2 is 1.61 bits per heavy atom. The zero-order valence-electron chi connectivity index (χ0n) is 16.0. The fraction of sp³-hybridized carbons (Fsp3) is 0.364. The normalized spacial score (nSPS) is 17.4. The first-order valence-electron chi connectivity index (χ1n) is 10.0. The minimum Gasteiger partial charge on any atom is -0.361 e. The summed E-state index contributed by atoms with van der Waals surface area (Å²) in [6.07, 6.45) is 6.08. The topological polar surface area (TPSA) is 65.2 Å². The van der Waals surface area contributed by atoms with Crippen molar-refractivity contribution in [3.63, 3.8) is 0 Å². The van der Waals surface area contributed by atoms with E-state index in [1.165, 1.54) is 0 Å². The zero-order chi connectivity index (χ0) is 19.4. The maximum atomic E-state index is 12.9. The van der Waals surface area contributed by atoms with Gasteiger partial charge in [0.25, 0.3) is 10.2 Å². The molecule has 0 radical (unpaired) electrons. The average Bonchev–Trinajstić information content (AvgIpc) is 2.94. The second kappa shape index (κ2) is 8.47. The van der Waals surface area contributed by atoms with Gasteiger partial charge in [-0.1, -0.05) is 61.4 Å². The van der Waals surface area contributed by atoms with E-state index in [1.54, 1.807) is 4.31 Å². The largest absolute Gasteiger partial charge is 0.361 e. The minimum absolute atomic E-state index is 0.0564. The summed E-state index contributed by atoms with van der Waals surface area (Å²) < 4.78 is 30.3. The maximum absolute atomic E-state index is 12.9.